The van der Waals surface area contributed by atoms with Gasteiger partial charge in [0.2, 0.25) is 0 Å². The molecule has 0 amide bonds. The first-order valence-corrected chi connectivity index (χ1v) is 24.1. The number of para-hydroxylation sites is 3. The largest absolute Gasteiger partial charge is 0.456 e. The Morgan fingerprint density at radius 1 is 0.333 bits per heavy atom. The zero-order valence-electron chi connectivity index (χ0n) is 33.8. The Hall–Kier alpha value is -7.34. The van der Waals surface area contributed by atoms with E-state index >= 15 is 0 Å². The average Bonchev–Trinajstić information content (AvgIpc) is 3.29. The highest BCUT2D eigenvalue weighted by Gasteiger charge is 2.30. The van der Waals surface area contributed by atoms with E-state index in [2.05, 4.69) is 230 Å². The number of benzene rings is 9. The van der Waals surface area contributed by atoms with Gasteiger partial charge in [-0.1, -0.05) is 122 Å². The fraction of sp³-hybridized carbons (Fsp3) is 0.0545. The van der Waals surface area contributed by atoms with Crippen LogP contribution in [0.4, 0.5) is 34.1 Å². The number of ether oxygens (including phenoxy) is 2. The van der Waals surface area contributed by atoms with Crippen molar-refractivity contribution in [2.75, 3.05) is 9.80 Å². The van der Waals surface area contributed by atoms with E-state index in [1.807, 2.05) is 0 Å². The molecule has 0 atom stereocenters. The highest BCUT2D eigenvalue weighted by molar-refractivity contribution is 6.88. The third-order valence-corrected chi connectivity index (χ3v) is 13.9. The molecule has 9 aromatic carbocycles. The molecule has 2 aliphatic rings. The van der Waals surface area contributed by atoms with Gasteiger partial charge in [-0.15, -0.1) is 0 Å². The van der Waals surface area contributed by atoms with Gasteiger partial charge in [0.1, 0.15) is 23.0 Å². The maximum atomic E-state index is 6.88. The Bertz CT molecular complexity index is 3070. The molecule has 0 unspecified atom stereocenters. The van der Waals surface area contributed by atoms with Crippen LogP contribution in [-0.2, 0) is 0 Å². The van der Waals surface area contributed by atoms with Gasteiger partial charge in [-0.2, -0.15) is 0 Å². The van der Waals surface area contributed by atoms with Crippen LogP contribution >= 0.6 is 0 Å². The quantitative estimate of drug-likeness (QED) is 0.143. The lowest BCUT2D eigenvalue weighted by molar-refractivity contribution is 0.480. The molecule has 0 saturated carbocycles. The third-order valence-electron chi connectivity index (χ3n) is 11.8. The van der Waals surface area contributed by atoms with Crippen LogP contribution < -0.4 is 24.5 Å². The predicted molar refractivity (Wildman–Crippen MR) is 253 cm³/mol. The number of nitrogens with zero attached hydrogens (tertiary/aromatic N) is 2. The second-order valence-electron chi connectivity index (χ2n) is 16.6. The molecule has 9 aromatic rings. The Kier molecular flexibility index (Phi) is 8.46. The number of hydrogen-bond acceptors (Lipinski definition) is 4. The molecule has 0 fully saturated rings. The van der Waals surface area contributed by atoms with Gasteiger partial charge in [-0.05, 0) is 108 Å². The van der Waals surface area contributed by atoms with Gasteiger partial charge in [-0.25, -0.2) is 0 Å². The van der Waals surface area contributed by atoms with Crippen LogP contribution in [-0.4, -0.2) is 8.07 Å². The molecule has 11 rings (SSSR count). The summed E-state index contributed by atoms with van der Waals surface area (Å²) < 4.78 is 13.7. The average molecular weight is 791 g/mol. The minimum absolute atomic E-state index is 0.821. The van der Waals surface area contributed by atoms with Gasteiger partial charge in [0.25, 0.3) is 0 Å². The monoisotopic (exact) mass is 790 g/mol. The fourth-order valence-electron chi connectivity index (χ4n) is 8.87. The summed E-state index contributed by atoms with van der Waals surface area (Å²) in [7, 11) is -1.45. The lowest BCUT2D eigenvalue weighted by Gasteiger charge is -2.31. The second-order valence-corrected chi connectivity index (χ2v) is 21.6. The Labute approximate surface area is 352 Å². The highest BCUT2D eigenvalue weighted by atomic mass is 28.3. The van der Waals surface area contributed by atoms with Crippen molar-refractivity contribution >= 4 is 58.2 Å². The van der Waals surface area contributed by atoms with Crippen molar-refractivity contribution in [2.45, 2.75) is 19.6 Å². The lowest BCUT2D eigenvalue weighted by Crippen LogP contribution is -2.37. The first kappa shape index (κ1) is 35.8. The molecule has 0 N–H and O–H groups in total. The molecule has 0 radical (unpaired) electrons. The molecule has 5 heteroatoms. The number of rotatable bonds is 8. The Morgan fingerprint density at radius 3 is 1.32 bits per heavy atom. The van der Waals surface area contributed by atoms with Crippen molar-refractivity contribution in [1.29, 1.82) is 0 Å². The summed E-state index contributed by atoms with van der Waals surface area (Å²) in [6, 6.07) is 71.2. The van der Waals surface area contributed by atoms with Crippen LogP contribution in [0.15, 0.2) is 200 Å². The molecule has 0 spiro atoms. The molecule has 0 bridgehead atoms. The van der Waals surface area contributed by atoms with Crippen molar-refractivity contribution in [3.05, 3.63) is 200 Å². The summed E-state index contributed by atoms with van der Waals surface area (Å²) in [5.41, 5.74) is 13.1. The van der Waals surface area contributed by atoms with Crippen molar-refractivity contribution in [2.24, 2.45) is 0 Å². The molecular formula is C55H42N2O2Si. The van der Waals surface area contributed by atoms with E-state index in [0.29, 0.717) is 0 Å². The molecule has 2 heterocycles. The zero-order chi connectivity index (χ0) is 40.4. The Morgan fingerprint density at radius 2 is 0.767 bits per heavy atom. The highest BCUT2D eigenvalue weighted by Crippen LogP contribution is 2.56. The summed E-state index contributed by atoms with van der Waals surface area (Å²) in [4.78, 5) is 4.63. The van der Waals surface area contributed by atoms with Crippen molar-refractivity contribution in [3.63, 3.8) is 0 Å². The number of fused-ring (bicyclic) bond motifs is 4. The second kappa shape index (κ2) is 14.2. The van der Waals surface area contributed by atoms with E-state index < -0.39 is 8.07 Å². The van der Waals surface area contributed by atoms with Crippen LogP contribution in [0.25, 0.3) is 44.2 Å². The van der Waals surface area contributed by atoms with Crippen LogP contribution in [0.3, 0.4) is 0 Å². The molecule has 288 valence electrons. The van der Waals surface area contributed by atoms with E-state index in [-0.39, 0.29) is 0 Å². The zero-order valence-corrected chi connectivity index (χ0v) is 34.8. The van der Waals surface area contributed by atoms with Gasteiger partial charge >= 0.3 is 0 Å². The van der Waals surface area contributed by atoms with Gasteiger partial charge in [0.05, 0.1) is 13.8 Å². The smallest absolute Gasteiger partial charge is 0.137 e. The predicted octanol–water partition coefficient (Wildman–Crippen LogP) is 15.5. The van der Waals surface area contributed by atoms with E-state index in [4.69, 9.17) is 9.47 Å². The minimum atomic E-state index is -1.45. The summed E-state index contributed by atoms with van der Waals surface area (Å²) in [5, 5.41) is 3.59. The van der Waals surface area contributed by atoms with Crippen LogP contribution in [0.1, 0.15) is 0 Å². The summed E-state index contributed by atoms with van der Waals surface area (Å²) in [5.74, 6) is 3.31. The first-order chi connectivity index (χ1) is 29.4. The van der Waals surface area contributed by atoms with Crippen LogP contribution in [0.5, 0.6) is 23.0 Å². The van der Waals surface area contributed by atoms with Gasteiger partial charge in [-0.3, -0.25) is 0 Å². The van der Waals surface area contributed by atoms with E-state index in [1.54, 1.807) is 0 Å². The standard InChI is InChI=1S/C55H42N2O2Si/c1-60(2,3)43-27-23-40(24-28-43)56(38-17-9-5-10-18-38)41-25-29-45-47-31-34-51-55-48(32-33-50(54(47)55)58-52(45)35-41)46-30-26-42(36-53(46)59-51)57(39-19-11-6-12-20-39)49-22-14-13-21-44(49)37-15-7-4-8-16-37/h4-36H,1-3H3. The molecule has 0 saturated heterocycles. The van der Waals surface area contributed by atoms with Gasteiger partial charge in [0.15, 0.2) is 0 Å². The molecule has 2 aliphatic heterocycles. The molecule has 0 aliphatic carbocycles. The van der Waals surface area contributed by atoms with E-state index in [9.17, 15) is 0 Å². The van der Waals surface area contributed by atoms with Gasteiger partial charge in [0, 0.05) is 68.0 Å². The topological polar surface area (TPSA) is 24.9 Å². The summed E-state index contributed by atoms with van der Waals surface area (Å²) in [6.07, 6.45) is 0. The minimum Gasteiger partial charge on any atom is -0.456 e. The first-order valence-electron chi connectivity index (χ1n) is 20.6. The van der Waals surface area contributed by atoms with E-state index in [0.717, 1.165) is 101 Å². The maximum absolute atomic E-state index is 6.88. The van der Waals surface area contributed by atoms with Gasteiger partial charge < -0.3 is 19.3 Å². The number of hydrogen-bond donors (Lipinski definition) is 0. The molecular weight excluding hydrogens is 749 g/mol. The normalized spacial score (nSPS) is 12.2. The number of anilines is 6. The van der Waals surface area contributed by atoms with Crippen molar-refractivity contribution in [1.82, 2.24) is 0 Å². The van der Waals surface area contributed by atoms with Crippen LogP contribution in [0, 0.1) is 0 Å². The van der Waals surface area contributed by atoms with Crippen LogP contribution in [0.2, 0.25) is 19.6 Å². The summed E-state index contributed by atoms with van der Waals surface area (Å²) >= 11 is 0. The molecule has 4 nitrogen and oxygen atoms in total. The van der Waals surface area contributed by atoms with Crippen molar-refractivity contribution in [3.8, 4) is 56.4 Å². The fourth-order valence-corrected chi connectivity index (χ4v) is 10.0. The van der Waals surface area contributed by atoms with Crippen molar-refractivity contribution < 1.29 is 9.47 Å². The SMILES string of the molecule is C[Si](C)(C)c1ccc(N(c2ccccc2)c2ccc3c(c2)Oc2ccc4c5c(ccc-3c25)Oc2cc(N(c3ccccc3)c3ccccc3-c3ccccc3)ccc2-4)cc1. The molecule has 0 aromatic heterocycles. The third kappa shape index (κ3) is 6.05. The van der Waals surface area contributed by atoms with E-state index in [1.165, 1.54) is 5.19 Å². The maximum Gasteiger partial charge on any atom is 0.137 e. The summed E-state index contributed by atoms with van der Waals surface area (Å²) in [6.45, 7) is 7.17. The Balaban J connectivity index is 0.992. The molecule has 60 heavy (non-hydrogen) atoms. The lowest BCUT2D eigenvalue weighted by atomic mass is 9.88.